The summed E-state index contributed by atoms with van der Waals surface area (Å²) < 4.78 is 52.9. The molecular formula is C21H25F3N6O2. The Kier molecular flexibility index (Phi) is 6.20. The SMILES string of the molecule is COc1ccccc1-c1nnc(-c2cc(C(F)(F)F)nn2C2CCN(C(C)CN)CC2)o1. The molecule has 3 heterocycles. The molecule has 0 amide bonds. The molecule has 1 fully saturated rings. The Balaban J connectivity index is 1.67. The van der Waals surface area contributed by atoms with Crippen LogP contribution in [0.3, 0.4) is 0 Å². The normalized spacial score (nSPS) is 16.9. The number of hydrogen-bond donors (Lipinski definition) is 1. The Labute approximate surface area is 183 Å². The average molecular weight is 450 g/mol. The number of alkyl halides is 3. The van der Waals surface area contributed by atoms with E-state index in [0.29, 0.717) is 30.7 Å². The molecule has 1 saturated heterocycles. The fourth-order valence-electron chi connectivity index (χ4n) is 3.95. The Morgan fingerprint density at radius 3 is 2.53 bits per heavy atom. The molecule has 1 aromatic carbocycles. The lowest BCUT2D eigenvalue weighted by Gasteiger charge is -2.35. The van der Waals surface area contributed by atoms with Crippen molar-refractivity contribution in [1.29, 1.82) is 0 Å². The van der Waals surface area contributed by atoms with Gasteiger partial charge in [-0.1, -0.05) is 12.1 Å². The summed E-state index contributed by atoms with van der Waals surface area (Å²) in [5.41, 5.74) is 5.47. The fourth-order valence-corrected chi connectivity index (χ4v) is 3.95. The highest BCUT2D eigenvalue weighted by Gasteiger charge is 2.37. The van der Waals surface area contributed by atoms with Crippen molar-refractivity contribution in [2.75, 3.05) is 26.7 Å². The van der Waals surface area contributed by atoms with Gasteiger partial charge in [-0.05, 0) is 31.9 Å². The van der Waals surface area contributed by atoms with Crippen LogP contribution in [0.15, 0.2) is 34.7 Å². The average Bonchev–Trinajstić information content (AvgIpc) is 3.46. The molecule has 0 spiro atoms. The van der Waals surface area contributed by atoms with Gasteiger partial charge in [0.05, 0.1) is 18.7 Å². The van der Waals surface area contributed by atoms with Gasteiger partial charge in [-0.3, -0.25) is 9.58 Å². The lowest BCUT2D eigenvalue weighted by molar-refractivity contribution is -0.141. The molecule has 32 heavy (non-hydrogen) atoms. The van der Waals surface area contributed by atoms with E-state index in [2.05, 4.69) is 20.2 Å². The van der Waals surface area contributed by atoms with E-state index in [9.17, 15) is 13.2 Å². The number of methoxy groups -OCH3 is 1. The summed E-state index contributed by atoms with van der Waals surface area (Å²) in [5, 5.41) is 11.9. The highest BCUT2D eigenvalue weighted by Crippen LogP contribution is 2.36. The number of nitrogens with two attached hydrogens (primary N) is 1. The largest absolute Gasteiger partial charge is 0.496 e. The Hall–Kier alpha value is -2.92. The maximum absolute atomic E-state index is 13.5. The van der Waals surface area contributed by atoms with Crippen molar-refractivity contribution < 1.29 is 22.3 Å². The molecule has 172 valence electrons. The Morgan fingerprint density at radius 2 is 1.88 bits per heavy atom. The van der Waals surface area contributed by atoms with Gasteiger partial charge in [0.2, 0.25) is 0 Å². The van der Waals surface area contributed by atoms with Gasteiger partial charge in [0.15, 0.2) is 5.69 Å². The second-order valence-electron chi connectivity index (χ2n) is 7.82. The van der Waals surface area contributed by atoms with E-state index in [4.69, 9.17) is 14.9 Å². The lowest BCUT2D eigenvalue weighted by Crippen LogP contribution is -2.44. The molecule has 4 rings (SSSR count). The highest BCUT2D eigenvalue weighted by atomic mass is 19.4. The molecule has 1 atom stereocenters. The first-order valence-corrected chi connectivity index (χ1v) is 10.4. The van der Waals surface area contributed by atoms with Crippen LogP contribution < -0.4 is 10.5 Å². The summed E-state index contributed by atoms with van der Waals surface area (Å²) in [4.78, 5) is 2.23. The molecular weight excluding hydrogens is 425 g/mol. The smallest absolute Gasteiger partial charge is 0.435 e. The van der Waals surface area contributed by atoms with Crippen LogP contribution in [0.2, 0.25) is 0 Å². The first kappa shape index (κ1) is 22.3. The first-order chi connectivity index (χ1) is 15.3. The van der Waals surface area contributed by atoms with Crippen LogP contribution in [-0.2, 0) is 6.18 Å². The van der Waals surface area contributed by atoms with Gasteiger partial charge in [-0.2, -0.15) is 18.3 Å². The van der Waals surface area contributed by atoms with Crippen molar-refractivity contribution in [2.45, 2.75) is 38.0 Å². The van der Waals surface area contributed by atoms with E-state index in [1.54, 1.807) is 24.3 Å². The van der Waals surface area contributed by atoms with Crippen LogP contribution in [0.1, 0.15) is 31.5 Å². The highest BCUT2D eigenvalue weighted by molar-refractivity contribution is 5.63. The van der Waals surface area contributed by atoms with Gasteiger partial charge in [-0.25, -0.2) is 0 Å². The molecule has 1 aliphatic heterocycles. The first-order valence-electron chi connectivity index (χ1n) is 10.4. The van der Waals surface area contributed by atoms with Gasteiger partial charge in [0.25, 0.3) is 11.8 Å². The van der Waals surface area contributed by atoms with Gasteiger partial charge < -0.3 is 14.9 Å². The number of piperidine rings is 1. The zero-order valence-electron chi connectivity index (χ0n) is 17.8. The van der Waals surface area contributed by atoms with Crippen LogP contribution in [0.5, 0.6) is 5.75 Å². The minimum Gasteiger partial charge on any atom is -0.496 e. The van der Waals surface area contributed by atoms with Gasteiger partial charge in [0.1, 0.15) is 11.4 Å². The number of para-hydroxylation sites is 1. The second-order valence-corrected chi connectivity index (χ2v) is 7.82. The minimum absolute atomic E-state index is 0.0216. The molecule has 1 aliphatic rings. The number of hydrogen-bond acceptors (Lipinski definition) is 7. The molecule has 0 bridgehead atoms. The molecule has 2 N–H and O–H groups in total. The van der Waals surface area contributed by atoms with Gasteiger partial charge >= 0.3 is 6.18 Å². The second kappa shape index (κ2) is 8.91. The number of halogens is 3. The summed E-state index contributed by atoms with van der Waals surface area (Å²) in [7, 11) is 1.51. The standard InChI is InChI=1S/C21H25F3N6O2/c1-13(12-25)29-9-7-14(8-10-29)30-16(11-18(28-30)21(22,23)24)20-27-26-19(32-20)15-5-3-4-6-17(15)31-2/h3-6,11,13-14H,7-10,12,25H2,1-2H3. The third-order valence-electron chi connectivity index (χ3n) is 5.82. The van der Waals surface area contributed by atoms with Crippen LogP contribution in [-0.4, -0.2) is 57.7 Å². The Morgan fingerprint density at radius 1 is 1.19 bits per heavy atom. The van der Waals surface area contributed by atoms with E-state index in [1.165, 1.54) is 11.8 Å². The summed E-state index contributed by atoms with van der Waals surface area (Å²) in [6.45, 7) is 4.02. The zero-order chi connectivity index (χ0) is 22.9. The number of ether oxygens (including phenoxy) is 1. The van der Waals surface area contributed by atoms with Gasteiger partial charge in [-0.15, -0.1) is 10.2 Å². The van der Waals surface area contributed by atoms with E-state index in [0.717, 1.165) is 19.2 Å². The van der Waals surface area contributed by atoms with Crippen molar-refractivity contribution in [1.82, 2.24) is 24.9 Å². The number of benzene rings is 1. The maximum Gasteiger partial charge on any atom is 0.435 e. The Bertz CT molecular complexity index is 1060. The quantitative estimate of drug-likeness (QED) is 0.613. The fraction of sp³-hybridized carbons (Fsp3) is 0.476. The minimum atomic E-state index is -4.58. The third-order valence-corrected chi connectivity index (χ3v) is 5.82. The molecule has 8 nitrogen and oxygen atoms in total. The maximum atomic E-state index is 13.5. The number of aromatic nitrogens is 4. The zero-order valence-corrected chi connectivity index (χ0v) is 17.8. The lowest BCUT2D eigenvalue weighted by atomic mass is 10.0. The molecule has 3 aromatic rings. The summed E-state index contributed by atoms with van der Waals surface area (Å²) in [6, 6.07) is 8.02. The topological polar surface area (TPSA) is 95.2 Å². The van der Waals surface area contributed by atoms with Crippen molar-refractivity contribution in [2.24, 2.45) is 5.73 Å². The molecule has 0 radical (unpaired) electrons. The van der Waals surface area contributed by atoms with E-state index in [-0.39, 0.29) is 29.6 Å². The molecule has 2 aromatic heterocycles. The van der Waals surface area contributed by atoms with Crippen LogP contribution in [0, 0.1) is 0 Å². The molecule has 0 aliphatic carbocycles. The van der Waals surface area contributed by atoms with Crippen molar-refractivity contribution in [3.63, 3.8) is 0 Å². The number of rotatable bonds is 6. The van der Waals surface area contributed by atoms with Crippen LogP contribution in [0.25, 0.3) is 23.0 Å². The summed E-state index contributed by atoms with van der Waals surface area (Å²) in [6.07, 6.45) is -3.30. The predicted octanol–water partition coefficient (Wildman–Crippen LogP) is 3.61. The van der Waals surface area contributed by atoms with E-state index in [1.807, 2.05) is 6.92 Å². The summed E-state index contributed by atoms with van der Waals surface area (Å²) in [5.74, 6) is 0.658. The molecule has 11 heteroatoms. The van der Waals surface area contributed by atoms with Crippen LogP contribution in [0.4, 0.5) is 13.2 Å². The van der Waals surface area contributed by atoms with E-state index < -0.39 is 11.9 Å². The molecule has 1 unspecified atom stereocenters. The van der Waals surface area contributed by atoms with Crippen molar-refractivity contribution in [3.8, 4) is 28.8 Å². The summed E-state index contributed by atoms with van der Waals surface area (Å²) >= 11 is 0. The third kappa shape index (κ3) is 4.35. The predicted molar refractivity (Wildman–Crippen MR) is 111 cm³/mol. The van der Waals surface area contributed by atoms with Gasteiger partial charge in [0, 0.05) is 31.7 Å². The van der Waals surface area contributed by atoms with Crippen LogP contribution >= 0.6 is 0 Å². The van der Waals surface area contributed by atoms with Crippen molar-refractivity contribution in [3.05, 3.63) is 36.0 Å². The van der Waals surface area contributed by atoms with Crippen molar-refractivity contribution >= 4 is 0 Å². The molecule has 0 saturated carbocycles. The number of likely N-dealkylation sites (tertiary alicyclic amines) is 1. The monoisotopic (exact) mass is 450 g/mol. The number of nitrogens with zero attached hydrogens (tertiary/aromatic N) is 5. The van der Waals surface area contributed by atoms with E-state index >= 15 is 0 Å².